The van der Waals surface area contributed by atoms with Gasteiger partial charge in [0.2, 0.25) is 11.7 Å². The van der Waals surface area contributed by atoms with Crippen molar-refractivity contribution >= 4 is 56.5 Å². The Kier molecular flexibility index (Phi) is 10.3. The molecule has 1 amide bonds. The maximum absolute atomic E-state index is 15.4. The predicted octanol–water partition coefficient (Wildman–Crippen LogP) is 6.87. The van der Waals surface area contributed by atoms with Crippen LogP contribution in [-0.4, -0.2) is 56.2 Å². The fourth-order valence-electron chi connectivity index (χ4n) is 7.33. The molecule has 0 saturated carbocycles. The molecule has 4 heterocycles. The molecule has 0 spiro atoms. The zero-order valence-corrected chi connectivity index (χ0v) is 32.2. The summed E-state index contributed by atoms with van der Waals surface area (Å²) < 4.78 is 105. The Labute approximate surface area is 337 Å². The molecule has 304 valence electrons. The topological polar surface area (TPSA) is 171 Å². The molecule has 0 radical (unpaired) electrons. The number of nitrogens with one attached hydrogen (secondary N) is 3. The van der Waals surface area contributed by atoms with E-state index in [1.807, 2.05) is 0 Å². The van der Waals surface area contributed by atoms with E-state index in [1.54, 1.807) is 12.1 Å². The number of aromatic amines is 1. The van der Waals surface area contributed by atoms with Gasteiger partial charge in [-0.15, -0.1) is 0 Å². The van der Waals surface area contributed by atoms with Crippen LogP contribution in [0.25, 0.3) is 38.9 Å². The number of amides is 1. The van der Waals surface area contributed by atoms with E-state index in [0.717, 1.165) is 16.7 Å². The summed E-state index contributed by atoms with van der Waals surface area (Å²) >= 11 is 4.97. The number of carbonyl (C=O) groups excluding carboxylic acids is 1. The van der Waals surface area contributed by atoms with Crippen LogP contribution in [0.3, 0.4) is 0 Å². The molecule has 0 saturated heterocycles. The van der Waals surface area contributed by atoms with Gasteiger partial charge < -0.3 is 9.87 Å². The molecule has 3 unspecified atom stereocenters. The second-order valence-corrected chi connectivity index (χ2v) is 15.4. The fourth-order valence-corrected chi connectivity index (χ4v) is 8.00. The van der Waals surface area contributed by atoms with E-state index in [9.17, 15) is 31.7 Å². The highest BCUT2D eigenvalue weighted by molar-refractivity contribution is 7.92. The minimum atomic E-state index is -3.60. The molecule has 3 aromatic carbocycles. The molecule has 0 fully saturated rings. The van der Waals surface area contributed by atoms with E-state index in [4.69, 9.17) is 16.6 Å². The first-order chi connectivity index (χ1) is 28.1. The normalized spacial score (nSPS) is 15.8. The average molecular weight is 855 g/mol. The molecule has 3 N–H and O–H groups in total. The lowest BCUT2D eigenvalue weighted by atomic mass is 10.0. The lowest BCUT2D eigenvalue weighted by Gasteiger charge is -2.24. The minimum absolute atomic E-state index is 0.0137. The SMILES string of the molecule is CC1Cc2c(C(F)F)nn(CC(=O)NC(Cc3cc(F)cc(F)c3)c3nc4cc(-c5ncccn5)ccc4c(=O)n3-c3ccc(Cl)c4c(N[S+](C)[O-])n[nH]c34)c2C1(F)F. The van der Waals surface area contributed by atoms with Crippen LogP contribution in [0.5, 0.6) is 0 Å². The highest BCUT2D eigenvalue weighted by Gasteiger charge is 2.51. The van der Waals surface area contributed by atoms with Crippen LogP contribution in [0.1, 0.15) is 47.7 Å². The Morgan fingerprint density at radius 1 is 1.10 bits per heavy atom. The van der Waals surface area contributed by atoms with Crippen molar-refractivity contribution in [3.05, 3.63) is 122 Å². The van der Waals surface area contributed by atoms with Gasteiger partial charge in [0.15, 0.2) is 5.82 Å². The fraction of sp³-hybridized carbons (Fsp3) is 0.237. The second-order valence-electron chi connectivity index (χ2n) is 13.9. The smallest absolute Gasteiger partial charge is 0.292 e. The summed E-state index contributed by atoms with van der Waals surface area (Å²) in [7, 11) is 0. The van der Waals surface area contributed by atoms with E-state index < -0.39 is 89.5 Å². The van der Waals surface area contributed by atoms with Gasteiger partial charge >= 0.3 is 0 Å². The molecule has 21 heteroatoms. The Morgan fingerprint density at radius 2 is 1.83 bits per heavy atom. The Morgan fingerprint density at radius 3 is 2.53 bits per heavy atom. The van der Waals surface area contributed by atoms with Crippen LogP contribution in [0.4, 0.5) is 32.2 Å². The third-order valence-corrected chi connectivity index (χ3v) is 10.7. The molecule has 1 aliphatic rings. The van der Waals surface area contributed by atoms with Gasteiger partial charge in [0, 0.05) is 41.9 Å². The largest absolute Gasteiger partial charge is 0.593 e. The lowest BCUT2D eigenvalue weighted by molar-refractivity contribution is -0.123. The van der Waals surface area contributed by atoms with Crippen LogP contribution in [0.15, 0.2) is 71.8 Å². The van der Waals surface area contributed by atoms with Crippen molar-refractivity contribution in [2.24, 2.45) is 5.92 Å². The van der Waals surface area contributed by atoms with E-state index in [2.05, 4.69) is 35.3 Å². The summed E-state index contributed by atoms with van der Waals surface area (Å²) in [4.78, 5) is 42.2. The number of hydrogen-bond donors (Lipinski definition) is 3. The van der Waals surface area contributed by atoms with Crippen molar-refractivity contribution < 1.29 is 35.7 Å². The monoisotopic (exact) mass is 854 g/mol. The van der Waals surface area contributed by atoms with Crippen molar-refractivity contribution in [3.8, 4) is 17.1 Å². The Balaban J connectivity index is 1.33. The van der Waals surface area contributed by atoms with E-state index >= 15 is 8.78 Å². The van der Waals surface area contributed by atoms with Gasteiger partial charge in [-0.25, -0.2) is 32.5 Å². The van der Waals surface area contributed by atoms with Gasteiger partial charge in [-0.3, -0.25) is 23.9 Å². The van der Waals surface area contributed by atoms with Crippen molar-refractivity contribution in [1.29, 1.82) is 0 Å². The highest BCUT2D eigenvalue weighted by atomic mass is 35.5. The molecule has 0 bridgehead atoms. The first kappa shape index (κ1) is 39.8. The third kappa shape index (κ3) is 7.35. The third-order valence-electron chi connectivity index (χ3n) is 9.89. The van der Waals surface area contributed by atoms with Gasteiger partial charge in [0.25, 0.3) is 17.9 Å². The summed E-state index contributed by atoms with van der Waals surface area (Å²) in [6.45, 7) is 0.218. The second kappa shape index (κ2) is 15.3. The Bertz CT molecular complexity index is 2820. The van der Waals surface area contributed by atoms with Crippen molar-refractivity contribution in [3.63, 3.8) is 0 Å². The maximum Gasteiger partial charge on any atom is 0.292 e. The van der Waals surface area contributed by atoms with E-state index in [-0.39, 0.29) is 61.1 Å². The van der Waals surface area contributed by atoms with E-state index in [1.165, 1.54) is 49.8 Å². The van der Waals surface area contributed by atoms with Gasteiger partial charge in [0.05, 0.1) is 49.9 Å². The molecule has 1 aliphatic carbocycles. The highest BCUT2D eigenvalue weighted by Crippen LogP contribution is 2.48. The van der Waals surface area contributed by atoms with Crippen molar-refractivity contribution in [1.82, 2.24) is 44.8 Å². The van der Waals surface area contributed by atoms with Crippen LogP contribution in [0.2, 0.25) is 5.02 Å². The molecular weight excluding hydrogens is 826 g/mol. The molecule has 13 nitrogen and oxygen atoms in total. The number of fused-ring (bicyclic) bond motifs is 3. The minimum Gasteiger partial charge on any atom is -0.593 e. The van der Waals surface area contributed by atoms with Crippen LogP contribution >= 0.6 is 11.6 Å². The number of H-pyrrole nitrogens is 1. The number of aromatic nitrogens is 8. The molecule has 4 aromatic heterocycles. The number of benzene rings is 3. The molecule has 8 rings (SSSR count). The van der Waals surface area contributed by atoms with Crippen molar-refractivity contribution in [2.75, 3.05) is 11.0 Å². The zero-order chi connectivity index (χ0) is 41.9. The summed E-state index contributed by atoms with van der Waals surface area (Å²) in [5.74, 6) is -7.79. The quantitative estimate of drug-likeness (QED) is 0.0928. The van der Waals surface area contributed by atoms with Gasteiger partial charge in [0.1, 0.15) is 41.6 Å². The number of alkyl halides is 4. The average Bonchev–Trinajstić information content (AvgIpc) is 3.83. The summed E-state index contributed by atoms with van der Waals surface area (Å²) in [6.07, 6.45) is 0.341. The van der Waals surface area contributed by atoms with Crippen LogP contribution in [0, 0.1) is 17.6 Å². The number of carbonyl (C=O) groups is 1. The predicted molar refractivity (Wildman–Crippen MR) is 206 cm³/mol. The van der Waals surface area contributed by atoms with Crippen LogP contribution in [-0.2, 0) is 41.5 Å². The summed E-state index contributed by atoms with van der Waals surface area (Å²) in [5, 5.41) is 13.8. The first-order valence-corrected chi connectivity index (χ1v) is 19.7. The Hall–Kier alpha value is -5.99. The number of hydrogen-bond acceptors (Lipinski definition) is 9. The molecule has 7 aromatic rings. The number of rotatable bonds is 11. The summed E-state index contributed by atoms with van der Waals surface area (Å²) in [5.41, 5.74) is -2.03. The summed E-state index contributed by atoms with van der Waals surface area (Å²) in [6, 6.07) is 10.2. The molecular formula is C38H29ClF6N10O3S. The molecule has 3 atom stereocenters. The molecule has 59 heavy (non-hydrogen) atoms. The lowest BCUT2D eigenvalue weighted by Crippen LogP contribution is -2.38. The zero-order valence-electron chi connectivity index (χ0n) is 30.6. The van der Waals surface area contributed by atoms with Crippen LogP contribution < -0.4 is 15.6 Å². The maximum atomic E-state index is 15.4. The van der Waals surface area contributed by atoms with Gasteiger partial charge in [-0.05, 0) is 54.4 Å². The van der Waals surface area contributed by atoms with Gasteiger partial charge in [-0.1, -0.05) is 24.6 Å². The number of halogens is 7. The van der Waals surface area contributed by atoms with Crippen molar-refractivity contribution in [2.45, 2.75) is 44.7 Å². The molecule has 0 aliphatic heterocycles. The first-order valence-electron chi connectivity index (χ1n) is 17.7. The van der Waals surface area contributed by atoms with E-state index in [0.29, 0.717) is 16.3 Å². The van der Waals surface area contributed by atoms with Gasteiger partial charge in [-0.2, -0.15) is 23.7 Å². The number of anilines is 1. The standard InChI is InChI=1S/C38H29ClF6N10O3S/c1-17-10-23-30(33(42)43)52-54(32(23)38(17,44)45)16-28(56)48-26(13-18-11-20(40)15-21(41)12-18)36-49-25-14-19(34-46-8-3-9-47-34)4-5-22(25)37(57)55(36)27-7-6-24(39)29-31(27)50-51-35(29)53-59(2)58/h3-9,11-12,14-15,17,26,33H,10,13,16H2,1-2H3,(H,48,56)(H2,50,51,53). The number of nitrogens with zero attached hydrogens (tertiary/aromatic N) is 7.